The normalized spacial score (nSPS) is 14.6. The summed E-state index contributed by atoms with van der Waals surface area (Å²) in [6.07, 6.45) is 1.67. The predicted octanol–water partition coefficient (Wildman–Crippen LogP) is 2.87. The fourth-order valence-electron chi connectivity index (χ4n) is 1.01. The van der Waals surface area contributed by atoms with Gasteiger partial charge in [-0.15, -0.1) is 0 Å². The van der Waals surface area contributed by atoms with Crippen molar-refractivity contribution in [1.29, 1.82) is 0 Å². The Bertz CT molecular complexity index is 422. The highest BCUT2D eigenvalue weighted by atomic mass is 19.1. The summed E-state index contributed by atoms with van der Waals surface area (Å²) < 4.78 is 18.1. The third kappa shape index (κ3) is 4.78. The molecule has 0 aliphatic carbocycles. The minimum Gasteiger partial charge on any atom is -0.443 e. The molecule has 0 amide bonds. The molecule has 1 unspecified atom stereocenters. The minimum atomic E-state index is -0.292. The van der Waals surface area contributed by atoms with Gasteiger partial charge in [-0.25, -0.2) is 9.38 Å². The topological polar surface area (TPSA) is 47.6 Å². The van der Waals surface area contributed by atoms with Crippen LogP contribution in [0.5, 0.6) is 5.75 Å². The molecule has 0 bridgehead atoms. The lowest BCUT2D eigenvalue weighted by Crippen LogP contribution is -2.15. The maximum absolute atomic E-state index is 12.7. The number of benzene rings is 1. The molecular weight excluding hydrogens is 219 g/mol. The van der Waals surface area contributed by atoms with E-state index in [4.69, 9.17) is 10.5 Å². The van der Waals surface area contributed by atoms with E-state index in [9.17, 15) is 4.39 Å². The number of nitrogens with zero attached hydrogens (tertiary/aromatic N) is 1. The van der Waals surface area contributed by atoms with Gasteiger partial charge in [0, 0.05) is 19.2 Å². The molecule has 0 saturated heterocycles. The van der Waals surface area contributed by atoms with Gasteiger partial charge in [-0.1, -0.05) is 0 Å². The van der Waals surface area contributed by atoms with Crippen molar-refractivity contribution in [3.05, 3.63) is 41.9 Å². The van der Waals surface area contributed by atoms with Gasteiger partial charge in [0.25, 0.3) is 0 Å². The standard InChI is InChI=1S/C13H17FN2O/c1-9(10(2)15)8-16-11(3)17-13-6-4-12(14)5-7-13/h4-8,10H,15H2,1-3H3/b9-8+,16-11?. The summed E-state index contributed by atoms with van der Waals surface area (Å²) >= 11 is 0. The molecule has 1 aromatic rings. The summed E-state index contributed by atoms with van der Waals surface area (Å²) in [7, 11) is 0. The van der Waals surface area contributed by atoms with Crippen LogP contribution in [-0.2, 0) is 0 Å². The molecule has 1 aromatic carbocycles. The van der Waals surface area contributed by atoms with E-state index in [1.807, 2.05) is 13.8 Å². The summed E-state index contributed by atoms with van der Waals surface area (Å²) in [6, 6.07) is 5.75. The fourth-order valence-corrected chi connectivity index (χ4v) is 1.01. The van der Waals surface area contributed by atoms with E-state index in [2.05, 4.69) is 4.99 Å². The first kappa shape index (κ1) is 13.4. The van der Waals surface area contributed by atoms with Gasteiger partial charge < -0.3 is 10.5 Å². The molecule has 0 fully saturated rings. The van der Waals surface area contributed by atoms with Crippen molar-refractivity contribution in [3.8, 4) is 5.75 Å². The second-order valence-corrected chi connectivity index (χ2v) is 3.87. The molecule has 17 heavy (non-hydrogen) atoms. The van der Waals surface area contributed by atoms with Crippen LogP contribution in [0.3, 0.4) is 0 Å². The first-order valence-corrected chi connectivity index (χ1v) is 5.39. The summed E-state index contributed by atoms with van der Waals surface area (Å²) in [5.74, 6) is 0.746. The predicted molar refractivity (Wildman–Crippen MR) is 67.5 cm³/mol. The van der Waals surface area contributed by atoms with Crippen LogP contribution in [0.15, 0.2) is 41.0 Å². The number of hydrogen-bond acceptors (Lipinski definition) is 3. The van der Waals surface area contributed by atoms with Gasteiger partial charge in [-0.3, -0.25) is 0 Å². The third-order valence-electron chi connectivity index (χ3n) is 2.25. The van der Waals surface area contributed by atoms with E-state index < -0.39 is 0 Å². The average Bonchev–Trinajstić information content (AvgIpc) is 2.29. The van der Waals surface area contributed by atoms with E-state index in [0.717, 1.165) is 5.57 Å². The van der Waals surface area contributed by atoms with Crippen molar-refractivity contribution in [2.45, 2.75) is 26.8 Å². The smallest absolute Gasteiger partial charge is 0.191 e. The van der Waals surface area contributed by atoms with Crippen LogP contribution >= 0.6 is 0 Å². The summed E-state index contributed by atoms with van der Waals surface area (Å²) in [5.41, 5.74) is 6.64. The fraction of sp³-hybridized carbons (Fsp3) is 0.308. The zero-order valence-corrected chi connectivity index (χ0v) is 10.3. The molecule has 0 spiro atoms. The lowest BCUT2D eigenvalue weighted by atomic mass is 10.2. The third-order valence-corrected chi connectivity index (χ3v) is 2.25. The average molecular weight is 236 g/mol. The van der Waals surface area contributed by atoms with Crippen molar-refractivity contribution >= 4 is 5.90 Å². The molecular formula is C13H17FN2O. The number of ether oxygens (including phenoxy) is 1. The molecule has 4 heteroatoms. The molecule has 92 valence electrons. The zero-order chi connectivity index (χ0) is 12.8. The summed E-state index contributed by atoms with van der Waals surface area (Å²) in [6.45, 7) is 5.52. The Morgan fingerprint density at radius 1 is 1.35 bits per heavy atom. The van der Waals surface area contributed by atoms with Crippen molar-refractivity contribution < 1.29 is 9.13 Å². The Morgan fingerprint density at radius 2 is 1.94 bits per heavy atom. The van der Waals surface area contributed by atoms with Crippen LogP contribution in [-0.4, -0.2) is 11.9 Å². The highest BCUT2D eigenvalue weighted by Gasteiger charge is 1.98. The van der Waals surface area contributed by atoms with E-state index in [-0.39, 0.29) is 11.9 Å². The first-order chi connectivity index (χ1) is 7.99. The Balaban J connectivity index is 2.66. The van der Waals surface area contributed by atoms with Gasteiger partial charge in [-0.2, -0.15) is 0 Å². The van der Waals surface area contributed by atoms with Crippen LogP contribution in [0.4, 0.5) is 4.39 Å². The van der Waals surface area contributed by atoms with Gasteiger partial charge in [0.2, 0.25) is 0 Å². The molecule has 2 N–H and O–H groups in total. The maximum atomic E-state index is 12.7. The van der Waals surface area contributed by atoms with Crippen LogP contribution in [0, 0.1) is 5.82 Å². The first-order valence-electron chi connectivity index (χ1n) is 5.39. The number of nitrogens with two attached hydrogens (primary N) is 1. The van der Waals surface area contributed by atoms with Crippen LogP contribution < -0.4 is 10.5 Å². The Hall–Kier alpha value is -1.68. The van der Waals surface area contributed by atoms with Crippen molar-refractivity contribution in [2.75, 3.05) is 0 Å². The number of aliphatic imine (C=N–C) groups is 1. The Kier molecular flexibility index (Phi) is 4.84. The summed E-state index contributed by atoms with van der Waals surface area (Å²) in [5, 5.41) is 0. The number of hydrogen-bond donors (Lipinski definition) is 1. The molecule has 0 aliphatic rings. The number of rotatable bonds is 3. The molecule has 0 aliphatic heterocycles. The van der Waals surface area contributed by atoms with Crippen molar-refractivity contribution in [2.24, 2.45) is 10.7 Å². The molecule has 1 atom stereocenters. The lowest BCUT2D eigenvalue weighted by Gasteiger charge is -2.05. The summed E-state index contributed by atoms with van der Waals surface area (Å²) in [4.78, 5) is 4.12. The molecule has 0 radical (unpaired) electrons. The SMILES string of the molecule is CC(=N/C=C(\C)C(C)N)Oc1ccc(F)cc1. The molecule has 0 saturated carbocycles. The van der Waals surface area contributed by atoms with Gasteiger partial charge in [0.05, 0.1) is 0 Å². The molecule has 0 aromatic heterocycles. The highest BCUT2D eigenvalue weighted by molar-refractivity contribution is 5.76. The molecule has 1 rings (SSSR count). The van der Waals surface area contributed by atoms with Crippen molar-refractivity contribution in [1.82, 2.24) is 0 Å². The minimum absolute atomic E-state index is 0.0302. The number of halogens is 1. The van der Waals surface area contributed by atoms with Crippen LogP contribution in [0.2, 0.25) is 0 Å². The van der Waals surface area contributed by atoms with Crippen LogP contribution in [0.1, 0.15) is 20.8 Å². The van der Waals surface area contributed by atoms with E-state index >= 15 is 0 Å². The van der Waals surface area contributed by atoms with Gasteiger partial charge >= 0.3 is 0 Å². The highest BCUT2D eigenvalue weighted by Crippen LogP contribution is 2.11. The molecule has 3 nitrogen and oxygen atoms in total. The zero-order valence-electron chi connectivity index (χ0n) is 10.3. The largest absolute Gasteiger partial charge is 0.443 e. The molecule has 0 heterocycles. The van der Waals surface area contributed by atoms with Gasteiger partial charge in [-0.05, 0) is 43.7 Å². The second kappa shape index (κ2) is 6.15. The van der Waals surface area contributed by atoms with Gasteiger partial charge in [0.15, 0.2) is 5.90 Å². The van der Waals surface area contributed by atoms with E-state index in [1.54, 1.807) is 25.3 Å². The second-order valence-electron chi connectivity index (χ2n) is 3.87. The quantitative estimate of drug-likeness (QED) is 0.648. The van der Waals surface area contributed by atoms with Crippen molar-refractivity contribution in [3.63, 3.8) is 0 Å². The van der Waals surface area contributed by atoms with Gasteiger partial charge in [0.1, 0.15) is 11.6 Å². The van der Waals surface area contributed by atoms with E-state index in [1.165, 1.54) is 12.1 Å². The van der Waals surface area contributed by atoms with E-state index in [0.29, 0.717) is 11.6 Å². The lowest BCUT2D eigenvalue weighted by molar-refractivity contribution is 0.542. The van der Waals surface area contributed by atoms with Crippen LogP contribution in [0.25, 0.3) is 0 Å². The Morgan fingerprint density at radius 3 is 2.47 bits per heavy atom. The maximum Gasteiger partial charge on any atom is 0.191 e. The monoisotopic (exact) mass is 236 g/mol. The Labute approximate surface area is 101 Å².